The Labute approximate surface area is 84.6 Å². The summed E-state index contributed by atoms with van der Waals surface area (Å²) < 4.78 is 10.4. The van der Waals surface area contributed by atoms with Crippen molar-refractivity contribution in [1.82, 2.24) is 0 Å². The van der Waals surface area contributed by atoms with Crippen LogP contribution < -0.4 is 0 Å². The molecule has 0 aromatic heterocycles. The van der Waals surface area contributed by atoms with E-state index in [4.69, 9.17) is 4.43 Å². The average molecular weight is 217 g/mol. The van der Waals surface area contributed by atoms with Gasteiger partial charge in [-0.3, -0.25) is 0 Å². The van der Waals surface area contributed by atoms with Crippen LogP contribution in [0.4, 0.5) is 0 Å². The first kappa shape index (κ1) is 13.1. The van der Waals surface area contributed by atoms with E-state index in [1.807, 2.05) is 0 Å². The fourth-order valence-corrected chi connectivity index (χ4v) is 2.78. The Morgan fingerprint density at radius 2 is 1.54 bits per heavy atom. The Bertz CT molecular complexity index is 189. The predicted octanol–water partition coefficient (Wildman–Crippen LogP) is 3.13. The van der Waals surface area contributed by atoms with Crippen LogP contribution in [-0.4, -0.2) is 28.9 Å². The Balaban J connectivity index is 4.02. The van der Waals surface area contributed by atoms with Crippen LogP contribution in [0.2, 0.25) is 39.3 Å². The molecule has 0 unspecified atom stereocenters. The molecule has 2 nitrogen and oxygen atoms in total. The van der Waals surface area contributed by atoms with Crippen LogP contribution in [0.25, 0.3) is 0 Å². The van der Waals surface area contributed by atoms with E-state index in [0.717, 1.165) is 12.3 Å². The predicted molar refractivity (Wildman–Crippen MR) is 65.8 cm³/mol. The van der Waals surface area contributed by atoms with Gasteiger partial charge in [-0.15, -0.1) is 0 Å². The third kappa shape index (κ3) is 9.98. The van der Waals surface area contributed by atoms with E-state index in [1.165, 1.54) is 0 Å². The maximum absolute atomic E-state index is 5.77. The maximum atomic E-state index is 5.77. The van der Waals surface area contributed by atoms with Gasteiger partial charge >= 0.3 is 0 Å². The van der Waals surface area contributed by atoms with Crippen molar-refractivity contribution < 1.29 is 4.43 Å². The summed E-state index contributed by atoms with van der Waals surface area (Å²) >= 11 is 0. The molecule has 0 heterocycles. The zero-order valence-electron chi connectivity index (χ0n) is 10.1. The Hall–Kier alpha value is 0.0638. The van der Waals surface area contributed by atoms with Gasteiger partial charge in [0, 0.05) is 5.71 Å². The van der Waals surface area contributed by atoms with Crippen molar-refractivity contribution in [2.75, 3.05) is 6.61 Å². The largest absolute Gasteiger partial charge is 0.412 e. The highest BCUT2D eigenvalue weighted by Gasteiger charge is 2.16. The lowest BCUT2D eigenvalue weighted by molar-refractivity contribution is 0.371. The van der Waals surface area contributed by atoms with E-state index in [-0.39, 0.29) is 0 Å². The number of rotatable bonds is 4. The second-order valence-electron chi connectivity index (χ2n) is 5.42. The summed E-state index contributed by atoms with van der Waals surface area (Å²) in [6.45, 7) is 16.1. The van der Waals surface area contributed by atoms with Gasteiger partial charge in [0.15, 0.2) is 16.6 Å². The van der Waals surface area contributed by atoms with Crippen molar-refractivity contribution in [2.24, 2.45) is 4.66 Å². The minimum Gasteiger partial charge on any atom is -0.412 e. The lowest BCUT2D eigenvalue weighted by atomic mass is 10.5. The average Bonchev–Trinajstić information content (AvgIpc) is 1.78. The first-order chi connectivity index (χ1) is 5.60. The van der Waals surface area contributed by atoms with Crippen molar-refractivity contribution in [3.05, 3.63) is 0 Å². The van der Waals surface area contributed by atoms with E-state index >= 15 is 0 Å². The Morgan fingerprint density at radius 3 is 1.85 bits per heavy atom. The topological polar surface area (TPSA) is 21.6 Å². The van der Waals surface area contributed by atoms with Crippen LogP contribution >= 0.6 is 0 Å². The molecule has 0 rings (SSSR count). The van der Waals surface area contributed by atoms with Gasteiger partial charge in [0.05, 0.1) is 6.61 Å². The smallest absolute Gasteiger partial charge is 0.184 e. The third-order valence-corrected chi connectivity index (χ3v) is 3.30. The molecule has 13 heavy (non-hydrogen) atoms. The van der Waals surface area contributed by atoms with Crippen molar-refractivity contribution in [1.29, 1.82) is 0 Å². The molecule has 4 heteroatoms. The van der Waals surface area contributed by atoms with Crippen LogP contribution in [0.5, 0.6) is 0 Å². The highest BCUT2D eigenvalue weighted by atomic mass is 28.4. The summed E-state index contributed by atoms with van der Waals surface area (Å²) in [5.41, 5.74) is 1.15. The van der Waals surface area contributed by atoms with Crippen LogP contribution in [0.1, 0.15) is 6.92 Å². The molecule has 0 aromatic carbocycles. The molecule has 0 radical (unpaired) electrons. The molecule has 0 spiro atoms. The van der Waals surface area contributed by atoms with Gasteiger partial charge in [-0.25, -0.2) is 0 Å². The fourth-order valence-electron chi connectivity index (χ4n) is 0.926. The summed E-state index contributed by atoms with van der Waals surface area (Å²) in [5, 5.41) is 0. The molecule has 0 saturated heterocycles. The molecular weight excluding hydrogens is 194 g/mol. The zero-order valence-corrected chi connectivity index (χ0v) is 12.1. The van der Waals surface area contributed by atoms with E-state index < -0.39 is 16.6 Å². The van der Waals surface area contributed by atoms with Gasteiger partial charge < -0.3 is 9.08 Å². The quantitative estimate of drug-likeness (QED) is 0.524. The van der Waals surface area contributed by atoms with Gasteiger partial charge in [-0.2, -0.15) is 0 Å². The Kier molecular flexibility index (Phi) is 4.55. The summed E-state index contributed by atoms with van der Waals surface area (Å²) in [4.78, 5) is 0. The molecule has 78 valence electrons. The van der Waals surface area contributed by atoms with Crippen molar-refractivity contribution >= 4 is 22.3 Å². The normalized spacial score (nSPS) is 14.8. The molecule has 0 aliphatic carbocycles. The number of hydrogen-bond acceptors (Lipinski definition) is 2. The van der Waals surface area contributed by atoms with Crippen molar-refractivity contribution in [2.45, 2.75) is 46.2 Å². The van der Waals surface area contributed by atoms with E-state index in [1.54, 1.807) is 0 Å². The molecule has 0 amide bonds. The Morgan fingerprint density at radius 1 is 1.08 bits per heavy atom. The first-order valence-electron chi connectivity index (χ1n) is 4.79. The molecule has 0 saturated carbocycles. The molecular formula is C9H23NOSi2. The van der Waals surface area contributed by atoms with Gasteiger partial charge in [0.25, 0.3) is 0 Å². The van der Waals surface area contributed by atoms with Crippen LogP contribution in [0.3, 0.4) is 0 Å². The second kappa shape index (κ2) is 4.53. The molecule has 0 aromatic rings. The summed E-state index contributed by atoms with van der Waals surface area (Å²) in [5.74, 6) is 0. The summed E-state index contributed by atoms with van der Waals surface area (Å²) in [6.07, 6.45) is 0. The van der Waals surface area contributed by atoms with Gasteiger partial charge in [0.2, 0.25) is 0 Å². The lowest BCUT2D eigenvalue weighted by Crippen LogP contribution is -2.29. The number of hydrogen-bond donors (Lipinski definition) is 0. The molecule has 0 aliphatic rings. The SMILES string of the molecule is C/C(CO[Si](C)(C)C)=N/[Si](C)(C)C. The lowest BCUT2D eigenvalue weighted by Gasteiger charge is -2.18. The second-order valence-corrected chi connectivity index (χ2v) is 14.5. The monoisotopic (exact) mass is 217 g/mol. The highest BCUT2D eigenvalue weighted by molar-refractivity contribution is 6.75. The summed E-state index contributed by atoms with van der Waals surface area (Å²) in [7, 11) is -2.65. The molecule has 0 bridgehead atoms. The first-order valence-corrected chi connectivity index (χ1v) is 11.6. The minimum atomic E-state index is -1.36. The molecule has 0 aliphatic heterocycles. The standard InChI is InChI=1S/C9H23NOSi2/c1-9(10-12(2,3)4)8-11-13(5,6)7/h8H2,1-7H3/b10-9-. The van der Waals surface area contributed by atoms with E-state index in [0.29, 0.717) is 0 Å². The summed E-state index contributed by atoms with van der Waals surface area (Å²) in [6, 6.07) is 0. The third-order valence-electron chi connectivity index (χ3n) is 1.24. The van der Waals surface area contributed by atoms with Crippen molar-refractivity contribution in [3.8, 4) is 0 Å². The van der Waals surface area contributed by atoms with E-state index in [2.05, 4.69) is 50.9 Å². The van der Waals surface area contributed by atoms with Crippen LogP contribution in [-0.2, 0) is 4.43 Å². The number of nitrogens with zero attached hydrogens (tertiary/aromatic N) is 1. The molecule has 0 N–H and O–H groups in total. The molecule has 0 fully saturated rings. The van der Waals surface area contributed by atoms with Gasteiger partial charge in [-0.1, -0.05) is 0 Å². The zero-order chi connectivity index (χ0) is 10.7. The molecule has 0 atom stereocenters. The van der Waals surface area contributed by atoms with Gasteiger partial charge in [-0.05, 0) is 46.2 Å². The van der Waals surface area contributed by atoms with E-state index in [9.17, 15) is 0 Å². The van der Waals surface area contributed by atoms with Gasteiger partial charge in [0.1, 0.15) is 0 Å². The minimum absolute atomic E-state index is 0.722. The van der Waals surface area contributed by atoms with Crippen LogP contribution in [0.15, 0.2) is 4.66 Å². The maximum Gasteiger partial charge on any atom is 0.184 e. The van der Waals surface area contributed by atoms with Crippen LogP contribution in [0, 0.1) is 0 Å². The fraction of sp³-hybridized carbons (Fsp3) is 0.889. The highest BCUT2D eigenvalue weighted by Crippen LogP contribution is 2.05. The van der Waals surface area contributed by atoms with Crippen molar-refractivity contribution in [3.63, 3.8) is 0 Å².